The Hall–Kier alpha value is -1.46. The molecule has 1 saturated heterocycles. The van der Waals surface area contributed by atoms with E-state index in [4.69, 9.17) is 0 Å². The summed E-state index contributed by atoms with van der Waals surface area (Å²) >= 11 is 0. The van der Waals surface area contributed by atoms with Crippen LogP contribution in [0.5, 0.6) is 17.2 Å². The minimum Gasteiger partial charge on any atom is -0.508 e. The van der Waals surface area contributed by atoms with E-state index in [0.717, 1.165) is 51.9 Å². The number of hydrogen-bond donors (Lipinski definition) is 4. The van der Waals surface area contributed by atoms with Gasteiger partial charge in [-0.05, 0) is 6.42 Å². The van der Waals surface area contributed by atoms with E-state index in [-0.39, 0.29) is 23.3 Å². The van der Waals surface area contributed by atoms with Crippen LogP contribution >= 0.6 is 0 Å². The second-order valence-electron chi connectivity index (χ2n) is 5.70. The minimum absolute atomic E-state index is 0.000694. The van der Waals surface area contributed by atoms with Gasteiger partial charge in [0.1, 0.15) is 17.2 Å². The van der Waals surface area contributed by atoms with Crippen molar-refractivity contribution in [1.29, 1.82) is 0 Å². The summed E-state index contributed by atoms with van der Waals surface area (Å²) in [5.41, 5.74) is 0.547. The van der Waals surface area contributed by atoms with E-state index < -0.39 is 0 Å². The molecule has 4 N–H and O–H groups in total. The fraction of sp³-hybridized carbons (Fsp3) is 0.625. The second-order valence-corrected chi connectivity index (χ2v) is 5.70. The lowest BCUT2D eigenvalue weighted by Crippen LogP contribution is -2.45. The summed E-state index contributed by atoms with van der Waals surface area (Å²) in [6.45, 7) is 5.80. The summed E-state index contributed by atoms with van der Waals surface area (Å²) in [6, 6.07) is 2.62. The Bertz CT molecular complexity index is 436. The molecule has 1 fully saturated rings. The van der Waals surface area contributed by atoms with E-state index in [0.29, 0.717) is 5.56 Å². The third-order valence-electron chi connectivity index (χ3n) is 4.13. The van der Waals surface area contributed by atoms with Crippen LogP contribution in [0.25, 0.3) is 0 Å². The molecule has 2 rings (SSSR count). The molecule has 0 unspecified atom stereocenters. The third kappa shape index (κ3) is 4.02. The van der Waals surface area contributed by atoms with Gasteiger partial charge in [-0.1, -0.05) is 26.2 Å². The van der Waals surface area contributed by atoms with Crippen molar-refractivity contribution in [3.05, 3.63) is 17.7 Å². The van der Waals surface area contributed by atoms with E-state index in [9.17, 15) is 15.3 Å². The summed E-state index contributed by atoms with van der Waals surface area (Å²) in [5.74, 6) is -0.151. The van der Waals surface area contributed by atoms with Crippen LogP contribution in [0.4, 0.5) is 0 Å². The van der Waals surface area contributed by atoms with Crippen molar-refractivity contribution >= 4 is 0 Å². The highest BCUT2D eigenvalue weighted by molar-refractivity contribution is 5.50. The van der Waals surface area contributed by atoms with Crippen molar-refractivity contribution in [2.75, 3.05) is 26.2 Å². The highest BCUT2D eigenvalue weighted by Gasteiger charge is 2.27. The number of hydrogen-bond acceptors (Lipinski definition) is 5. The van der Waals surface area contributed by atoms with Gasteiger partial charge >= 0.3 is 0 Å². The maximum absolute atomic E-state index is 10.2. The number of unbranched alkanes of at least 4 members (excludes halogenated alkanes) is 2. The molecule has 5 heteroatoms. The maximum atomic E-state index is 10.2. The average molecular weight is 294 g/mol. The Morgan fingerprint density at radius 1 is 1.10 bits per heavy atom. The first kappa shape index (κ1) is 15.9. The molecule has 0 saturated carbocycles. The summed E-state index contributed by atoms with van der Waals surface area (Å²) in [7, 11) is 0. The summed E-state index contributed by atoms with van der Waals surface area (Å²) in [4.78, 5) is 2.30. The van der Waals surface area contributed by atoms with E-state index in [1.54, 1.807) is 0 Å². The van der Waals surface area contributed by atoms with E-state index >= 15 is 0 Å². The van der Waals surface area contributed by atoms with Crippen LogP contribution < -0.4 is 5.32 Å². The number of phenols is 3. The number of rotatable bonds is 6. The van der Waals surface area contributed by atoms with Crippen LogP contribution in [0.1, 0.15) is 44.2 Å². The lowest BCUT2D eigenvalue weighted by atomic mass is 9.96. The molecule has 0 aliphatic carbocycles. The lowest BCUT2D eigenvalue weighted by Gasteiger charge is -2.35. The van der Waals surface area contributed by atoms with Gasteiger partial charge in [-0.2, -0.15) is 0 Å². The zero-order valence-electron chi connectivity index (χ0n) is 12.7. The fourth-order valence-electron chi connectivity index (χ4n) is 3.04. The topological polar surface area (TPSA) is 76.0 Å². The molecule has 1 aliphatic rings. The average Bonchev–Trinajstić information content (AvgIpc) is 2.45. The van der Waals surface area contributed by atoms with Gasteiger partial charge in [0.2, 0.25) is 0 Å². The van der Waals surface area contributed by atoms with Crippen LogP contribution in [0.3, 0.4) is 0 Å². The first-order chi connectivity index (χ1) is 10.1. The zero-order valence-corrected chi connectivity index (χ0v) is 12.7. The SMILES string of the molecule is CCCCC[C@H](c1c(O)cc(O)cc1O)N1CCNCC1. The number of benzene rings is 1. The van der Waals surface area contributed by atoms with Gasteiger partial charge in [-0.15, -0.1) is 0 Å². The molecule has 1 aromatic carbocycles. The second kappa shape index (κ2) is 7.52. The van der Waals surface area contributed by atoms with Gasteiger partial charge in [0.25, 0.3) is 0 Å². The quantitative estimate of drug-likeness (QED) is 0.606. The minimum atomic E-state index is -0.110. The van der Waals surface area contributed by atoms with E-state index in [1.165, 1.54) is 12.1 Å². The van der Waals surface area contributed by atoms with Crippen molar-refractivity contribution in [1.82, 2.24) is 10.2 Å². The monoisotopic (exact) mass is 294 g/mol. The van der Waals surface area contributed by atoms with Crippen molar-refractivity contribution in [3.63, 3.8) is 0 Å². The van der Waals surface area contributed by atoms with Crippen LogP contribution in [-0.4, -0.2) is 46.4 Å². The Balaban J connectivity index is 2.25. The van der Waals surface area contributed by atoms with Gasteiger partial charge in [0.15, 0.2) is 0 Å². The first-order valence-electron chi connectivity index (χ1n) is 7.83. The van der Waals surface area contributed by atoms with Crippen molar-refractivity contribution < 1.29 is 15.3 Å². The molecular weight excluding hydrogens is 268 g/mol. The van der Waals surface area contributed by atoms with E-state index in [1.807, 2.05) is 0 Å². The van der Waals surface area contributed by atoms with Crippen LogP contribution in [-0.2, 0) is 0 Å². The Kier molecular flexibility index (Phi) is 5.70. The van der Waals surface area contributed by atoms with Crippen LogP contribution in [0.15, 0.2) is 12.1 Å². The standard InChI is InChI=1S/C16H26N2O3/c1-2-3-4-5-13(18-8-6-17-7-9-18)16-14(20)10-12(19)11-15(16)21/h10-11,13,17,19-21H,2-9H2,1H3/t13-/m1/s1. The normalized spacial score (nSPS) is 17.8. The predicted molar refractivity (Wildman–Crippen MR) is 82.8 cm³/mol. The fourth-order valence-corrected chi connectivity index (χ4v) is 3.04. The van der Waals surface area contributed by atoms with Gasteiger partial charge in [-0.3, -0.25) is 4.90 Å². The molecule has 21 heavy (non-hydrogen) atoms. The smallest absolute Gasteiger partial charge is 0.127 e. The zero-order chi connectivity index (χ0) is 15.2. The number of phenolic OH excluding ortho intramolecular Hbond substituents is 3. The molecule has 1 aliphatic heterocycles. The van der Waals surface area contributed by atoms with Crippen molar-refractivity contribution in [2.45, 2.75) is 38.6 Å². The lowest BCUT2D eigenvalue weighted by molar-refractivity contribution is 0.157. The molecule has 0 bridgehead atoms. The molecule has 0 aromatic heterocycles. The van der Waals surface area contributed by atoms with E-state index in [2.05, 4.69) is 17.1 Å². The summed E-state index contributed by atoms with van der Waals surface area (Å²) in [6.07, 6.45) is 4.24. The molecule has 5 nitrogen and oxygen atoms in total. The molecule has 0 radical (unpaired) electrons. The number of nitrogens with one attached hydrogen (secondary N) is 1. The highest BCUT2D eigenvalue weighted by atomic mass is 16.3. The molecule has 1 aromatic rings. The van der Waals surface area contributed by atoms with Crippen molar-refractivity contribution in [2.24, 2.45) is 0 Å². The Morgan fingerprint density at radius 2 is 1.71 bits per heavy atom. The molecule has 1 atom stereocenters. The highest BCUT2D eigenvalue weighted by Crippen LogP contribution is 2.41. The van der Waals surface area contributed by atoms with Crippen molar-refractivity contribution in [3.8, 4) is 17.2 Å². The Labute approximate surface area is 126 Å². The number of piperazine rings is 1. The predicted octanol–water partition coefficient (Wildman–Crippen LogP) is 2.33. The van der Waals surface area contributed by atoms with Crippen LogP contribution in [0, 0.1) is 0 Å². The number of aromatic hydroxyl groups is 3. The molecule has 1 heterocycles. The molecule has 0 spiro atoms. The molecular formula is C16H26N2O3. The number of nitrogens with zero attached hydrogens (tertiary/aromatic N) is 1. The summed E-state index contributed by atoms with van der Waals surface area (Å²) < 4.78 is 0. The largest absolute Gasteiger partial charge is 0.508 e. The third-order valence-corrected chi connectivity index (χ3v) is 4.13. The molecule has 118 valence electrons. The van der Waals surface area contributed by atoms with Gasteiger partial charge in [0.05, 0.1) is 5.56 Å². The Morgan fingerprint density at radius 3 is 2.29 bits per heavy atom. The van der Waals surface area contributed by atoms with Gasteiger partial charge in [0, 0.05) is 44.4 Å². The van der Waals surface area contributed by atoms with Gasteiger partial charge < -0.3 is 20.6 Å². The summed E-state index contributed by atoms with van der Waals surface area (Å²) in [5, 5.41) is 33.1. The maximum Gasteiger partial charge on any atom is 0.127 e. The van der Waals surface area contributed by atoms with Crippen LogP contribution in [0.2, 0.25) is 0 Å². The first-order valence-corrected chi connectivity index (χ1v) is 7.83. The molecule has 0 amide bonds. The van der Waals surface area contributed by atoms with Gasteiger partial charge in [-0.25, -0.2) is 0 Å².